The molecule has 7 nitrogen and oxygen atoms in total. The standard InChI is InChI=1S/C20H24N2O5S/c1-13-3-4-14(7-21-13)26-16-10-24-18-8-22(9-19(18)25-11-16)20(23)17-6-5-15(27-17)12-28-2/h3-7,16,18-19H,8-12H2,1-2H3/t18-,19-/m0/s1. The number of hydrogen-bond acceptors (Lipinski definition) is 7. The summed E-state index contributed by atoms with van der Waals surface area (Å²) in [5.74, 6) is 2.51. The summed E-state index contributed by atoms with van der Waals surface area (Å²) in [6.45, 7) is 3.73. The quantitative estimate of drug-likeness (QED) is 0.758. The van der Waals surface area contributed by atoms with Gasteiger partial charge in [0.2, 0.25) is 0 Å². The van der Waals surface area contributed by atoms with Crippen molar-refractivity contribution in [1.29, 1.82) is 0 Å². The fraction of sp³-hybridized carbons (Fsp3) is 0.500. The van der Waals surface area contributed by atoms with E-state index < -0.39 is 0 Å². The molecule has 2 aliphatic rings. The largest absolute Gasteiger partial charge is 0.484 e. The molecule has 0 bridgehead atoms. The zero-order chi connectivity index (χ0) is 19.5. The van der Waals surface area contributed by atoms with Crippen molar-refractivity contribution in [3.8, 4) is 5.75 Å². The van der Waals surface area contributed by atoms with Gasteiger partial charge in [-0.25, -0.2) is 0 Å². The summed E-state index contributed by atoms with van der Waals surface area (Å²) in [6, 6.07) is 7.39. The second kappa shape index (κ2) is 8.55. The van der Waals surface area contributed by atoms with Gasteiger partial charge in [0.1, 0.15) is 29.8 Å². The van der Waals surface area contributed by atoms with Crippen LogP contribution in [-0.2, 0) is 15.2 Å². The molecule has 0 aromatic carbocycles. The molecule has 4 heterocycles. The summed E-state index contributed by atoms with van der Waals surface area (Å²) in [4.78, 5) is 18.7. The molecule has 0 unspecified atom stereocenters. The molecule has 8 heteroatoms. The zero-order valence-electron chi connectivity index (χ0n) is 16.0. The minimum absolute atomic E-state index is 0.119. The van der Waals surface area contributed by atoms with Crippen LogP contribution in [0.2, 0.25) is 0 Å². The number of aromatic nitrogens is 1. The number of rotatable bonds is 5. The van der Waals surface area contributed by atoms with E-state index in [9.17, 15) is 4.79 Å². The zero-order valence-corrected chi connectivity index (χ0v) is 16.8. The van der Waals surface area contributed by atoms with Crippen molar-refractivity contribution < 1.29 is 23.4 Å². The van der Waals surface area contributed by atoms with Gasteiger partial charge in [0.15, 0.2) is 5.76 Å². The summed E-state index contributed by atoms with van der Waals surface area (Å²) in [6.07, 6.45) is 3.19. The van der Waals surface area contributed by atoms with Crippen LogP contribution in [0.4, 0.5) is 0 Å². The van der Waals surface area contributed by atoms with Gasteiger partial charge in [-0.15, -0.1) is 0 Å². The lowest BCUT2D eigenvalue weighted by Gasteiger charge is -2.19. The van der Waals surface area contributed by atoms with Gasteiger partial charge in [-0.05, 0) is 37.4 Å². The molecular weight excluding hydrogens is 380 g/mol. The maximum atomic E-state index is 12.7. The molecule has 28 heavy (non-hydrogen) atoms. The molecule has 2 atom stereocenters. The van der Waals surface area contributed by atoms with Crippen LogP contribution in [0.25, 0.3) is 0 Å². The molecule has 0 N–H and O–H groups in total. The third-order valence-electron chi connectivity index (χ3n) is 4.84. The fourth-order valence-corrected chi connectivity index (χ4v) is 3.83. The van der Waals surface area contributed by atoms with Gasteiger partial charge in [-0.3, -0.25) is 9.78 Å². The Hall–Kier alpha value is -2.03. The van der Waals surface area contributed by atoms with Crippen LogP contribution in [0.15, 0.2) is 34.9 Å². The van der Waals surface area contributed by atoms with Gasteiger partial charge >= 0.3 is 0 Å². The Bertz CT molecular complexity index is 793. The topological polar surface area (TPSA) is 74.0 Å². The maximum absolute atomic E-state index is 12.7. The molecule has 0 radical (unpaired) electrons. The molecule has 2 fully saturated rings. The lowest BCUT2D eigenvalue weighted by Crippen LogP contribution is -2.32. The number of aryl methyl sites for hydroxylation is 1. The van der Waals surface area contributed by atoms with E-state index in [-0.39, 0.29) is 24.2 Å². The number of hydrogen-bond donors (Lipinski definition) is 0. The number of carbonyl (C=O) groups excluding carboxylic acids is 1. The van der Waals surface area contributed by atoms with E-state index in [4.69, 9.17) is 18.6 Å². The summed E-state index contributed by atoms with van der Waals surface area (Å²) < 4.78 is 23.6. The van der Waals surface area contributed by atoms with Crippen LogP contribution >= 0.6 is 11.8 Å². The van der Waals surface area contributed by atoms with Crippen LogP contribution in [-0.4, -0.2) is 66.7 Å². The van der Waals surface area contributed by atoms with Crippen molar-refractivity contribution in [2.24, 2.45) is 0 Å². The molecule has 0 saturated carbocycles. The number of nitrogens with zero attached hydrogens (tertiary/aromatic N) is 2. The highest BCUT2D eigenvalue weighted by atomic mass is 32.2. The van der Waals surface area contributed by atoms with Crippen molar-refractivity contribution in [2.75, 3.05) is 32.6 Å². The lowest BCUT2D eigenvalue weighted by molar-refractivity contribution is -0.00461. The average molecular weight is 404 g/mol. The Morgan fingerprint density at radius 1 is 1.21 bits per heavy atom. The van der Waals surface area contributed by atoms with Gasteiger partial charge < -0.3 is 23.5 Å². The number of thioether (sulfide) groups is 1. The second-order valence-electron chi connectivity index (χ2n) is 7.03. The molecule has 4 rings (SSSR count). The Labute approximate surface area is 168 Å². The van der Waals surface area contributed by atoms with E-state index >= 15 is 0 Å². The maximum Gasteiger partial charge on any atom is 0.289 e. The first-order valence-electron chi connectivity index (χ1n) is 9.32. The van der Waals surface area contributed by atoms with Crippen LogP contribution in [0.3, 0.4) is 0 Å². The second-order valence-corrected chi connectivity index (χ2v) is 7.89. The Balaban J connectivity index is 1.32. The molecule has 150 valence electrons. The number of furan rings is 1. The van der Waals surface area contributed by atoms with Crippen molar-refractivity contribution in [2.45, 2.75) is 31.0 Å². The average Bonchev–Trinajstić information content (AvgIpc) is 3.28. The van der Waals surface area contributed by atoms with Crippen molar-refractivity contribution in [1.82, 2.24) is 9.88 Å². The first-order valence-corrected chi connectivity index (χ1v) is 10.7. The SMILES string of the molecule is CSCc1ccc(C(=O)N2C[C@@H]3OCC(Oc4ccc(C)nc4)CO[C@H]3C2)o1. The molecular formula is C20H24N2O5S. The lowest BCUT2D eigenvalue weighted by atomic mass is 10.3. The van der Waals surface area contributed by atoms with E-state index in [0.717, 1.165) is 17.2 Å². The predicted molar refractivity (Wildman–Crippen MR) is 105 cm³/mol. The Kier molecular flexibility index (Phi) is 5.89. The molecule has 2 aromatic rings. The number of fused-ring (bicyclic) bond motifs is 1. The molecule has 0 aliphatic carbocycles. The van der Waals surface area contributed by atoms with Crippen molar-refractivity contribution in [3.05, 3.63) is 47.7 Å². The van der Waals surface area contributed by atoms with Gasteiger partial charge in [0.05, 0.1) is 38.3 Å². The Morgan fingerprint density at radius 3 is 2.61 bits per heavy atom. The molecule has 2 aliphatic heterocycles. The molecule has 0 spiro atoms. The van der Waals surface area contributed by atoms with E-state index in [1.807, 2.05) is 31.4 Å². The molecule has 2 aromatic heterocycles. The van der Waals surface area contributed by atoms with Crippen LogP contribution < -0.4 is 4.74 Å². The smallest absolute Gasteiger partial charge is 0.289 e. The monoisotopic (exact) mass is 404 g/mol. The number of likely N-dealkylation sites (tertiary alicyclic amines) is 1. The van der Waals surface area contributed by atoms with Crippen molar-refractivity contribution >= 4 is 17.7 Å². The van der Waals surface area contributed by atoms with E-state index in [1.165, 1.54) is 0 Å². The normalized spacial score (nSPS) is 22.7. The highest BCUT2D eigenvalue weighted by Crippen LogP contribution is 2.24. The van der Waals surface area contributed by atoms with Crippen LogP contribution in [0, 0.1) is 6.92 Å². The number of pyridine rings is 1. The van der Waals surface area contributed by atoms with Crippen molar-refractivity contribution in [3.63, 3.8) is 0 Å². The molecule has 2 saturated heterocycles. The van der Waals surface area contributed by atoms with E-state index in [0.29, 0.717) is 37.8 Å². The minimum Gasteiger partial charge on any atom is -0.484 e. The summed E-state index contributed by atoms with van der Waals surface area (Å²) in [5.41, 5.74) is 0.942. The third-order valence-corrected chi connectivity index (χ3v) is 5.41. The van der Waals surface area contributed by atoms with Crippen LogP contribution in [0.1, 0.15) is 22.0 Å². The van der Waals surface area contributed by atoms with Gasteiger partial charge in [-0.1, -0.05) is 0 Å². The molecule has 1 amide bonds. The first-order chi connectivity index (χ1) is 13.6. The summed E-state index contributed by atoms with van der Waals surface area (Å²) in [7, 11) is 0. The van der Waals surface area contributed by atoms with Gasteiger partial charge in [0, 0.05) is 5.69 Å². The first kappa shape index (κ1) is 19.3. The van der Waals surface area contributed by atoms with Gasteiger partial charge in [0.25, 0.3) is 5.91 Å². The number of amides is 1. The fourth-order valence-electron chi connectivity index (χ4n) is 3.39. The summed E-state index contributed by atoms with van der Waals surface area (Å²) >= 11 is 1.66. The van der Waals surface area contributed by atoms with Crippen LogP contribution in [0.5, 0.6) is 5.75 Å². The van der Waals surface area contributed by atoms with E-state index in [2.05, 4.69) is 4.98 Å². The Morgan fingerprint density at radius 2 is 1.96 bits per heavy atom. The predicted octanol–water partition coefficient (Wildman–Crippen LogP) is 2.53. The number of carbonyl (C=O) groups is 1. The summed E-state index contributed by atoms with van der Waals surface area (Å²) in [5, 5.41) is 0. The van der Waals surface area contributed by atoms with Gasteiger partial charge in [-0.2, -0.15) is 11.8 Å². The third kappa shape index (κ3) is 4.34. The number of ether oxygens (including phenoxy) is 3. The van der Waals surface area contributed by atoms with E-state index in [1.54, 1.807) is 28.9 Å². The highest BCUT2D eigenvalue weighted by Gasteiger charge is 2.40. The highest BCUT2D eigenvalue weighted by molar-refractivity contribution is 7.97. The minimum atomic E-state index is -0.196.